The summed E-state index contributed by atoms with van der Waals surface area (Å²) < 4.78 is 0. The molecule has 0 aromatic heterocycles. The van der Waals surface area contributed by atoms with Crippen LogP contribution in [0.1, 0.15) is 47.0 Å². The van der Waals surface area contributed by atoms with E-state index in [0.29, 0.717) is 0 Å². The van der Waals surface area contributed by atoms with Gasteiger partial charge in [-0.3, -0.25) is 0 Å². The van der Waals surface area contributed by atoms with Crippen LogP contribution in [0.5, 0.6) is 0 Å². The third-order valence-electron chi connectivity index (χ3n) is 2.67. The van der Waals surface area contributed by atoms with Crippen LogP contribution in [0.25, 0.3) is 0 Å². The molecule has 0 aliphatic rings. The van der Waals surface area contributed by atoms with Crippen LogP contribution >= 0.6 is 0 Å². The minimum absolute atomic E-state index is 0.810. The number of hydrogen-bond donors (Lipinski definition) is 0. The summed E-state index contributed by atoms with van der Waals surface area (Å²) in [6.07, 6.45) is 8.06. The molecule has 0 amide bonds. The zero-order valence-electron chi connectivity index (χ0n) is 9.64. The van der Waals surface area contributed by atoms with Crippen LogP contribution in [0.15, 0.2) is 24.3 Å². The van der Waals surface area contributed by atoms with Crippen molar-refractivity contribution in [3.05, 3.63) is 24.3 Å². The predicted molar refractivity (Wildman–Crippen MR) is 61.8 cm³/mol. The maximum atomic E-state index is 3.75. The van der Waals surface area contributed by atoms with Gasteiger partial charge in [-0.1, -0.05) is 51.5 Å². The molecular weight excluding hydrogens is 156 g/mol. The number of allylic oxidation sites excluding steroid dienone is 3. The van der Waals surface area contributed by atoms with Gasteiger partial charge in [0.2, 0.25) is 0 Å². The summed E-state index contributed by atoms with van der Waals surface area (Å²) in [4.78, 5) is 0. The third kappa shape index (κ3) is 6.62. The molecule has 0 saturated heterocycles. The van der Waals surface area contributed by atoms with Crippen LogP contribution in [0.2, 0.25) is 0 Å². The second-order valence-corrected chi connectivity index (χ2v) is 4.24. The van der Waals surface area contributed by atoms with Gasteiger partial charge in [-0.05, 0) is 31.6 Å². The average Bonchev–Trinajstić information content (AvgIpc) is 2.13. The van der Waals surface area contributed by atoms with Crippen molar-refractivity contribution in [2.45, 2.75) is 47.0 Å². The van der Waals surface area contributed by atoms with E-state index >= 15 is 0 Å². The molecule has 0 fully saturated rings. The van der Waals surface area contributed by atoms with Crippen molar-refractivity contribution < 1.29 is 0 Å². The van der Waals surface area contributed by atoms with E-state index in [-0.39, 0.29) is 0 Å². The van der Waals surface area contributed by atoms with Gasteiger partial charge < -0.3 is 0 Å². The van der Waals surface area contributed by atoms with Gasteiger partial charge in [0.05, 0.1) is 0 Å². The number of hydrogen-bond acceptors (Lipinski definition) is 0. The summed E-state index contributed by atoms with van der Waals surface area (Å²) in [6, 6.07) is 0. The van der Waals surface area contributed by atoms with Crippen LogP contribution in [0.3, 0.4) is 0 Å². The van der Waals surface area contributed by atoms with Gasteiger partial charge in [-0.25, -0.2) is 0 Å². The smallest absolute Gasteiger partial charge is 0.0319 e. The van der Waals surface area contributed by atoms with E-state index in [1.165, 1.54) is 24.8 Å². The molecule has 0 spiro atoms. The van der Waals surface area contributed by atoms with Crippen LogP contribution in [0.4, 0.5) is 0 Å². The van der Waals surface area contributed by atoms with Crippen molar-refractivity contribution in [2.24, 2.45) is 11.8 Å². The Kier molecular flexibility index (Phi) is 6.66. The largest absolute Gasteiger partial charge is 0.0988 e. The third-order valence-corrected chi connectivity index (χ3v) is 2.67. The van der Waals surface area contributed by atoms with Gasteiger partial charge in [0, 0.05) is 0 Å². The molecule has 0 aliphatic heterocycles. The lowest BCUT2D eigenvalue weighted by Crippen LogP contribution is -2.01. The molecule has 0 nitrogen and oxygen atoms in total. The van der Waals surface area contributed by atoms with Gasteiger partial charge in [0.1, 0.15) is 0 Å². The fraction of sp³-hybridized carbons (Fsp3) is 0.692. The molecule has 0 saturated carbocycles. The molecule has 2 atom stereocenters. The molecule has 0 rings (SSSR count). The molecule has 0 aliphatic carbocycles. The van der Waals surface area contributed by atoms with E-state index in [1.807, 2.05) is 6.08 Å². The minimum atomic E-state index is 0.810. The molecule has 0 radical (unpaired) electrons. The summed E-state index contributed by atoms with van der Waals surface area (Å²) >= 11 is 0. The van der Waals surface area contributed by atoms with Gasteiger partial charge in [-0.2, -0.15) is 0 Å². The van der Waals surface area contributed by atoms with Crippen molar-refractivity contribution in [1.82, 2.24) is 0 Å². The van der Waals surface area contributed by atoms with Crippen molar-refractivity contribution >= 4 is 0 Å². The predicted octanol–water partition coefficient (Wildman–Crippen LogP) is 4.58. The monoisotopic (exact) mass is 180 g/mol. The average molecular weight is 180 g/mol. The first-order valence-corrected chi connectivity index (χ1v) is 5.39. The Morgan fingerprint density at radius 3 is 2.38 bits per heavy atom. The SMILES string of the molecule is C=CC(C)=CCC(C)CC(C)CC. The lowest BCUT2D eigenvalue weighted by atomic mass is 9.92. The Morgan fingerprint density at radius 2 is 1.92 bits per heavy atom. The van der Waals surface area contributed by atoms with Crippen LogP contribution < -0.4 is 0 Å². The van der Waals surface area contributed by atoms with Crippen LogP contribution in [-0.4, -0.2) is 0 Å². The molecule has 0 heteroatoms. The van der Waals surface area contributed by atoms with E-state index in [9.17, 15) is 0 Å². The van der Waals surface area contributed by atoms with Crippen molar-refractivity contribution in [3.63, 3.8) is 0 Å². The van der Waals surface area contributed by atoms with E-state index in [0.717, 1.165) is 11.8 Å². The lowest BCUT2D eigenvalue weighted by molar-refractivity contribution is 0.408. The molecule has 0 aromatic carbocycles. The van der Waals surface area contributed by atoms with E-state index in [1.54, 1.807) is 0 Å². The Labute approximate surface area is 83.7 Å². The van der Waals surface area contributed by atoms with E-state index < -0.39 is 0 Å². The highest BCUT2D eigenvalue weighted by Crippen LogP contribution is 2.18. The second-order valence-electron chi connectivity index (χ2n) is 4.24. The molecular formula is C13H24. The molecule has 0 heterocycles. The normalized spacial score (nSPS) is 16.8. The highest BCUT2D eigenvalue weighted by Gasteiger charge is 2.05. The summed E-state index contributed by atoms with van der Waals surface area (Å²) in [5, 5.41) is 0. The summed E-state index contributed by atoms with van der Waals surface area (Å²) in [6.45, 7) is 12.8. The van der Waals surface area contributed by atoms with Crippen molar-refractivity contribution in [1.29, 1.82) is 0 Å². The van der Waals surface area contributed by atoms with E-state index in [2.05, 4.69) is 40.3 Å². The van der Waals surface area contributed by atoms with E-state index in [4.69, 9.17) is 0 Å². The summed E-state index contributed by atoms with van der Waals surface area (Å²) in [7, 11) is 0. The lowest BCUT2D eigenvalue weighted by Gasteiger charge is -2.13. The number of rotatable bonds is 6. The Morgan fingerprint density at radius 1 is 1.31 bits per heavy atom. The van der Waals surface area contributed by atoms with Crippen molar-refractivity contribution in [2.75, 3.05) is 0 Å². The quantitative estimate of drug-likeness (QED) is 0.525. The highest BCUT2D eigenvalue weighted by atomic mass is 14.1. The fourth-order valence-corrected chi connectivity index (χ4v) is 1.42. The molecule has 76 valence electrons. The maximum absolute atomic E-state index is 3.75. The first-order chi connectivity index (χ1) is 6.10. The minimum Gasteiger partial charge on any atom is -0.0988 e. The molecule has 2 unspecified atom stereocenters. The summed E-state index contributed by atoms with van der Waals surface area (Å²) in [5.74, 6) is 1.68. The molecule has 13 heavy (non-hydrogen) atoms. The zero-order valence-corrected chi connectivity index (χ0v) is 9.64. The van der Waals surface area contributed by atoms with Gasteiger partial charge in [0.15, 0.2) is 0 Å². The highest BCUT2D eigenvalue weighted by molar-refractivity contribution is 5.12. The first-order valence-electron chi connectivity index (χ1n) is 5.39. The van der Waals surface area contributed by atoms with Gasteiger partial charge in [0.25, 0.3) is 0 Å². The Balaban J connectivity index is 3.74. The standard InChI is InChI=1S/C13H24/c1-6-11(3)8-9-13(5)10-12(4)7-2/h6,8,12-13H,1,7,9-10H2,2-5H3. The van der Waals surface area contributed by atoms with Crippen molar-refractivity contribution in [3.8, 4) is 0 Å². The first kappa shape index (κ1) is 12.5. The van der Waals surface area contributed by atoms with Crippen LogP contribution in [0, 0.1) is 11.8 Å². The molecule has 0 bridgehead atoms. The Bertz CT molecular complexity index is 165. The molecule has 0 aromatic rings. The Hall–Kier alpha value is -0.520. The van der Waals surface area contributed by atoms with Gasteiger partial charge >= 0.3 is 0 Å². The van der Waals surface area contributed by atoms with Crippen LogP contribution in [-0.2, 0) is 0 Å². The topological polar surface area (TPSA) is 0 Å². The maximum Gasteiger partial charge on any atom is -0.0319 e. The van der Waals surface area contributed by atoms with Gasteiger partial charge in [-0.15, -0.1) is 0 Å². The second kappa shape index (κ2) is 6.94. The fourth-order valence-electron chi connectivity index (χ4n) is 1.42. The zero-order chi connectivity index (χ0) is 10.3. The summed E-state index contributed by atoms with van der Waals surface area (Å²) in [5.41, 5.74) is 1.30. The molecule has 0 N–H and O–H groups in total.